The Morgan fingerprint density at radius 1 is 1.08 bits per heavy atom. The van der Waals surface area contributed by atoms with Crippen molar-refractivity contribution in [2.45, 2.75) is 39.0 Å². The number of ether oxygens (including phenoxy) is 1. The molecule has 0 bridgehead atoms. The van der Waals surface area contributed by atoms with Crippen molar-refractivity contribution in [2.75, 3.05) is 13.7 Å². The summed E-state index contributed by atoms with van der Waals surface area (Å²) in [6, 6.07) is 0. The van der Waals surface area contributed by atoms with Crippen LogP contribution in [0.5, 0.6) is 0 Å². The van der Waals surface area contributed by atoms with Crippen LogP contribution in [0.1, 0.15) is 39.0 Å². The van der Waals surface area contributed by atoms with Gasteiger partial charge in [0.25, 0.3) is 0 Å². The number of Topliss-reactive ketones (excluding diaryl/α,β-unsaturated/α-hetero) is 2. The van der Waals surface area contributed by atoms with E-state index in [2.05, 4.69) is 0 Å². The Labute approximate surface area is 79.5 Å². The maximum atomic E-state index is 11.1. The molecule has 0 saturated heterocycles. The van der Waals surface area contributed by atoms with Crippen molar-refractivity contribution in [1.82, 2.24) is 0 Å². The summed E-state index contributed by atoms with van der Waals surface area (Å²) in [5, 5.41) is 0. The van der Waals surface area contributed by atoms with Crippen molar-refractivity contribution < 1.29 is 14.3 Å². The SMILES string of the molecule is COCCCC(=O)CCCC(C)=O. The van der Waals surface area contributed by atoms with Crippen LogP contribution in [0, 0.1) is 0 Å². The fraction of sp³-hybridized carbons (Fsp3) is 0.800. The molecule has 0 aromatic carbocycles. The first-order chi connectivity index (χ1) is 6.16. The van der Waals surface area contributed by atoms with E-state index in [0.29, 0.717) is 32.3 Å². The summed E-state index contributed by atoms with van der Waals surface area (Å²) in [6.45, 7) is 2.19. The van der Waals surface area contributed by atoms with E-state index >= 15 is 0 Å². The summed E-state index contributed by atoms with van der Waals surface area (Å²) in [5.41, 5.74) is 0. The fourth-order valence-corrected chi connectivity index (χ4v) is 1.07. The molecule has 0 aliphatic heterocycles. The lowest BCUT2D eigenvalue weighted by molar-refractivity contribution is -0.119. The van der Waals surface area contributed by atoms with E-state index in [1.807, 2.05) is 0 Å². The summed E-state index contributed by atoms with van der Waals surface area (Å²) in [7, 11) is 1.63. The van der Waals surface area contributed by atoms with E-state index in [4.69, 9.17) is 4.74 Å². The zero-order valence-corrected chi connectivity index (χ0v) is 8.47. The van der Waals surface area contributed by atoms with E-state index in [-0.39, 0.29) is 11.6 Å². The van der Waals surface area contributed by atoms with Gasteiger partial charge in [-0.05, 0) is 19.8 Å². The van der Waals surface area contributed by atoms with E-state index in [0.717, 1.165) is 6.42 Å². The van der Waals surface area contributed by atoms with E-state index in [1.54, 1.807) is 14.0 Å². The van der Waals surface area contributed by atoms with Gasteiger partial charge in [0.05, 0.1) is 0 Å². The number of methoxy groups -OCH3 is 1. The van der Waals surface area contributed by atoms with E-state index < -0.39 is 0 Å². The molecule has 0 rings (SSSR count). The van der Waals surface area contributed by atoms with Gasteiger partial charge in [-0.1, -0.05) is 0 Å². The van der Waals surface area contributed by atoms with Crippen LogP contribution in [0.4, 0.5) is 0 Å². The monoisotopic (exact) mass is 186 g/mol. The lowest BCUT2D eigenvalue weighted by atomic mass is 10.1. The summed E-state index contributed by atoms with van der Waals surface area (Å²) < 4.78 is 4.83. The van der Waals surface area contributed by atoms with Gasteiger partial charge in [0.15, 0.2) is 0 Å². The minimum atomic E-state index is 0.157. The third-order valence-corrected chi connectivity index (χ3v) is 1.79. The van der Waals surface area contributed by atoms with Gasteiger partial charge in [-0.3, -0.25) is 4.79 Å². The molecule has 0 fully saturated rings. The second-order valence-electron chi connectivity index (χ2n) is 3.19. The van der Waals surface area contributed by atoms with Gasteiger partial charge in [0, 0.05) is 33.0 Å². The van der Waals surface area contributed by atoms with Gasteiger partial charge in [-0.15, -0.1) is 0 Å². The van der Waals surface area contributed by atoms with Crippen LogP contribution < -0.4 is 0 Å². The minimum Gasteiger partial charge on any atom is -0.385 e. The van der Waals surface area contributed by atoms with Crippen molar-refractivity contribution in [3.63, 3.8) is 0 Å². The van der Waals surface area contributed by atoms with Gasteiger partial charge in [0.2, 0.25) is 0 Å². The van der Waals surface area contributed by atoms with Crippen molar-refractivity contribution in [3.05, 3.63) is 0 Å². The zero-order chi connectivity index (χ0) is 10.1. The van der Waals surface area contributed by atoms with Crippen molar-refractivity contribution in [2.24, 2.45) is 0 Å². The van der Waals surface area contributed by atoms with E-state index in [1.165, 1.54) is 0 Å². The number of carbonyl (C=O) groups is 2. The predicted octanol–water partition coefficient (Wildman–Crippen LogP) is 1.74. The van der Waals surface area contributed by atoms with Crippen LogP contribution in [-0.2, 0) is 14.3 Å². The van der Waals surface area contributed by atoms with Crippen molar-refractivity contribution in [1.29, 1.82) is 0 Å². The number of carbonyl (C=O) groups excluding carboxylic acids is 2. The molecule has 0 aliphatic rings. The van der Waals surface area contributed by atoms with Crippen molar-refractivity contribution in [3.8, 4) is 0 Å². The third-order valence-electron chi connectivity index (χ3n) is 1.79. The maximum Gasteiger partial charge on any atom is 0.133 e. The van der Waals surface area contributed by atoms with Gasteiger partial charge >= 0.3 is 0 Å². The molecule has 76 valence electrons. The quantitative estimate of drug-likeness (QED) is 0.542. The maximum absolute atomic E-state index is 11.1. The molecular weight excluding hydrogens is 168 g/mol. The van der Waals surface area contributed by atoms with Crippen LogP contribution in [0.15, 0.2) is 0 Å². The second kappa shape index (κ2) is 7.92. The van der Waals surface area contributed by atoms with Gasteiger partial charge in [-0.25, -0.2) is 0 Å². The smallest absolute Gasteiger partial charge is 0.133 e. The van der Waals surface area contributed by atoms with Crippen LogP contribution in [0.2, 0.25) is 0 Å². The van der Waals surface area contributed by atoms with Crippen LogP contribution in [0.25, 0.3) is 0 Å². The van der Waals surface area contributed by atoms with Gasteiger partial charge in [0.1, 0.15) is 11.6 Å². The third kappa shape index (κ3) is 9.21. The highest BCUT2D eigenvalue weighted by Crippen LogP contribution is 2.02. The standard InChI is InChI=1S/C10H18O3/c1-9(11)5-3-6-10(12)7-4-8-13-2/h3-8H2,1-2H3. The Balaban J connectivity index is 3.25. The van der Waals surface area contributed by atoms with Crippen LogP contribution >= 0.6 is 0 Å². The normalized spacial score (nSPS) is 10.0. The molecule has 0 aromatic rings. The molecule has 0 heterocycles. The predicted molar refractivity (Wildman–Crippen MR) is 50.6 cm³/mol. The highest BCUT2D eigenvalue weighted by atomic mass is 16.5. The van der Waals surface area contributed by atoms with Crippen molar-refractivity contribution >= 4 is 11.6 Å². The number of hydrogen-bond donors (Lipinski definition) is 0. The largest absolute Gasteiger partial charge is 0.385 e. The molecule has 3 heteroatoms. The average molecular weight is 186 g/mol. The number of hydrogen-bond acceptors (Lipinski definition) is 3. The number of ketones is 2. The lowest BCUT2D eigenvalue weighted by Crippen LogP contribution is -2.01. The lowest BCUT2D eigenvalue weighted by Gasteiger charge is -1.99. The molecule has 0 aromatic heterocycles. The first kappa shape index (κ1) is 12.3. The van der Waals surface area contributed by atoms with E-state index in [9.17, 15) is 9.59 Å². The second-order valence-corrected chi connectivity index (χ2v) is 3.19. The Bertz CT molecular complexity index is 164. The highest BCUT2D eigenvalue weighted by Gasteiger charge is 2.02. The Kier molecular flexibility index (Phi) is 7.50. The molecule has 0 radical (unpaired) electrons. The summed E-state index contributed by atoms with van der Waals surface area (Å²) in [5.74, 6) is 0.392. The molecule has 0 aliphatic carbocycles. The molecule has 0 spiro atoms. The molecule has 0 amide bonds. The Hall–Kier alpha value is -0.700. The average Bonchev–Trinajstić information content (AvgIpc) is 2.04. The summed E-state index contributed by atoms with van der Waals surface area (Å²) >= 11 is 0. The fourth-order valence-electron chi connectivity index (χ4n) is 1.07. The van der Waals surface area contributed by atoms with Crippen LogP contribution in [0.3, 0.4) is 0 Å². The summed E-state index contributed by atoms with van der Waals surface area (Å²) in [6.07, 6.45) is 3.11. The molecule has 0 N–H and O–H groups in total. The van der Waals surface area contributed by atoms with Gasteiger partial charge < -0.3 is 9.53 Å². The Morgan fingerprint density at radius 3 is 2.23 bits per heavy atom. The first-order valence-electron chi connectivity index (χ1n) is 4.67. The molecular formula is C10H18O3. The van der Waals surface area contributed by atoms with Crippen LogP contribution in [-0.4, -0.2) is 25.3 Å². The molecule has 0 unspecified atom stereocenters. The molecule has 3 nitrogen and oxygen atoms in total. The summed E-state index contributed by atoms with van der Waals surface area (Å²) in [4.78, 5) is 21.7. The molecule has 13 heavy (non-hydrogen) atoms. The molecule has 0 atom stereocenters. The highest BCUT2D eigenvalue weighted by molar-refractivity contribution is 5.80. The topological polar surface area (TPSA) is 43.4 Å². The van der Waals surface area contributed by atoms with Gasteiger partial charge in [-0.2, -0.15) is 0 Å². The zero-order valence-electron chi connectivity index (χ0n) is 8.47. The molecule has 0 saturated carbocycles. The minimum absolute atomic E-state index is 0.157. The Morgan fingerprint density at radius 2 is 1.69 bits per heavy atom. The number of rotatable bonds is 8. The first-order valence-corrected chi connectivity index (χ1v) is 4.67.